The number of aromatic nitrogens is 2. The van der Waals surface area contributed by atoms with Gasteiger partial charge >= 0.3 is 0 Å². The highest BCUT2D eigenvalue weighted by molar-refractivity contribution is 5.83. The zero-order valence-corrected chi connectivity index (χ0v) is 10.2. The van der Waals surface area contributed by atoms with Crippen molar-refractivity contribution in [3.05, 3.63) is 48.0 Å². The number of benzene rings is 2. The summed E-state index contributed by atoms with van der Waals surface area (Å²) >= 11 is 0. The molecule has 1 aromatic heterocycles. The van der Waals surface area contributed by atoms with Crippen LogP contribution in [0.2, 0.25) is 0 Å². The summed E-state index contributed by atoms with van der Waals surface area (Å²) in [5.41, 5.74) is 8.06. The quantitative estimate of drug-likeness (QED) is 0.682. The maximum atomic E-state index is 13.3. The van der Waals surface area contributed by atoms with Crippen LogP contribution in [0.4, 0.5) is 14.5 Å². The van der Waals surface area contributed by atoms with Gasteiger partial charge in [0.15, 0.2) is 0 Å². The Kier molecular flexibility index (Phi) is 2.48. The number of hydrogen-bond acceptors (Lipinski definition) is 2. The summed E-state index contributed by atoms with van der Waals surface area (Å²) in [5.74, 6) is -0.232. The van der Waals surface area contributed by atoms with Gasteiger partial charge in [-0.15, -0.1) is 0 Å². The van der Waals surface area contributed by atoms with Gasteiger partial charge in [-0.3, -0.25) is 0 Å². The second-order valence-corrected chi connectivity index (χ2v) is 4.36. The van der Waals surface area contributed by atoms with Crippen LogP contribution in [-0.2, 0) is 7.05 Å². The van der Waals surface area contributed by atoms with Gasteiger partial charge in [0.25, 0.3) is 0 Å². The number of nitrogens with two attached hydrogens (primary N) is 1. The van der Waals surface area contributed by atoms with E-state index in [1.807, 2.05) is 0 Å². The fraction of sp³-hybridized carbons (Fsp3) is 0.0714. The molecule has 1 heterocycles. The molecule has 0 saturated carbocycles. The number of halogens is 2. The molecule has 2 aromatic carbocycles. The molecule has 0 spiro atoms. The van der Waals surface area contributed by atoms with Crippen LogP contribution in [0.5, 0.6) is 0 Å². The molecular weight excluding hydrogens is 248 g/mol. The van der Waals surface area contributed by atoms with Crippen molar-refractivity contribution >= 4 is 16.7 Å². The maximum absolute atomic E-state index is 13.3. The van der Waals surface area contributed by atoms with E-state index in [2.05, 4.69) is 4.98 Å². The van der Waals surface area contributed by atoms with Crippen LogP contribution in [0, 0.1) is 11.6 Å². The van der Waals surface area contributed by atoms with Crippen molar-refractivity contribution in [1.29, 1.82) is 0 Å². The molecule has 0 saturated heterocycles. The number of imidazole rings is 1. The van der Waals surface area contributed by atoms with Crippen LogP contribution in [0.25, 0.3) is 22.4 Å². The van der Waals surface area contributed by atoms with Crippen molar-refractivity contribution in [3.63, 3.8) is 0 Å². The zero-order chi connectivity index (χ0) is 13.6. The predicted molar refractivity (Wildman–Crippen MR) is 70.5 cm³/mol. The minimum Gasteiger partial charge on any atom is -0.398 e. The van der Waals surface area contributed by atoms with E-state index in [0.29, 0.717) is 22.6 Å². The number of nitrogen functional groups attached to an aromatic ring is 1. The van der Waals surface area contributed by atoms with Crippen molar-refractivity contribution in [1.82, 2.24) is 9.55 Å². The third kappa shape index (κ3) is 1.83. The number of aryl methyl sites for hydroxylation is 1. The second kappa shape index (κ2) is 4.05. The zero-order valence-electron chi connectivity index (χ0n) is 10.2. The highest BCUT2D eigenvalue weighted by Gasteiger charge is 2.13. The largest absolute Gasteiger partial charge is 0.398 e. The van der Waals surface area contributed by atoms with E-state index in [1.54, 1.807) is 17.7 Å². The molecule has 0 amide bonds. The molecule has 3 rings (SSSR count). The third-order valence-corrected chi connectivity index (χ3v) is 3.10. The summed E-state index contributed by atoms with van der Waals surface area (Å²) in [5, 5.41) is 0. The Morgan fingerprint density at radius 1 is 1.05 bits per heavy atom. The van der Waals surface area contributed by atoms with E-state index in [1.165, 1.54) is 30.3 Å². The molecule has 0 bridgehead atoms. The SMILES string of the molecule is Cn1c(-c2cc(F)ccc2N)nc2cc(F)ccc21. The Morgan fingerprint density at radius 2 is 1.74 bits per heavy atom. The van der Waals surface area contributed by atoms with Crippen LogP contribution < -0.4 is 5.73 Å². The molecule has 0 radical (unpaired) electrons. The highest BCUT2D eigenvalue weighted by Crippen LogP contribution is 2.28. The molecule has 0 aliphatic carbocycles. The summed E-state index contributed by atoms with van der Waals surface area (Å²) in [7, 11) is 1.78. The fourth-order valence-electron chi connectivity index (χ4n) is 2.14. The van der Waals surface area contributed by atoms with E-state index in [0.717, 1.165) is 5.52 Å². The first-order valence-electron chi connectivity index (χ1n) is 5.73. The van der Waals surface area contributed by atoms with Gasteiger partial charge in [-0.1, -0.05) is 0 Å². The highest BCUT2D eigenvalue weighted by atomic mass is 19.1. The molecule has 0 aliphatic heterocycles. The summed E-state index contributed by atoms with van der Waals surface area (Å²) in [6, 6.07) is 8.45. The van der Waals surface area contributed by atoms with Crippen LogP contribution in [0.15, 0.2) is 36.4 Å². The number of fused-ring (bicyclic) bond motifs is 1. The smallest absolute Gasteiger partial charge is 0.143 e. The van der Waals surface area contributed by atoms with Crippen LogP contribution in [0.1, 0.15) is 0 Å². The summed E-state index contributed by atoms with van der Waals surface area (Å²) in [4.78, 5) is 4.32. The molecule has 96 valence electrons. The van der Waals surface area contributed by atoms with Crippen LogP contribution >= 0.6 is 0 Å². The molecule has 0 atom stereocenters. The lowest BCUT2D eigenvalue weighted by molar-refractivity contribution is 0.628. The number of nitrogens with zero attached hydrogens (tertiary/aromatic N) is 2. The first kappa shape index (κ1) is 11.6. The van der Waals surface area contributed by atoms with E-state index < -0.39 is 0 Å². The molecular formula is C14H11F2N3. The molecule has 0 unspecified atom stereocenters. The lowest BCUT2D eigenvalue weighted by Gasteiger charge is -2.06. The van der Waals surface area contributed by atoms with Gasteiger partial charge in [0.2, 0.25) is 0 Å². The van der Waals surface area contributed by atoms with Crippen molar-refractivity contribution < 1.29 is 8.78 Å². The van der Waals surface area contributed by atoms with Gasteiger partial charge in [-0.2, -0.15) is 0 Å². The van der Waals surface area contributed by atoms with Gasteiger partial charge in [0.05, 0.1) is 11.0 Å². The molecule has 0 fully saturated rings. The summed E-state index contributed by atoms with van der Waals surface area (Å²) < 4.78 is 28.3. The Balaban J connectivity index is 2.30. The molecule has 5 heteroatoms. The third-order valence-electron chi connectivity index (χ3n) is 3.10. The topological polar surface area (TPSA) is 43.8 Å². The van der Waals surface area contributed by atoms with Gasteiger partial charge in [0, 0.05) is 24.4 Å². The molecule has 3 nitrogen and oxygen atoms in total. The molecule has 0 aliphatic rings. The normalized spacial score (nSPS) is 11.1. The van der Waals surface area contributed by atoms with Crippen molar-refractivity contribution in [2.75, 3.05) is 5.73 Å². The Labute approximate surface area is 108 Å². The minimum atomic E-state index is -0.387. The predicted octanol–water partition coefficient (Wildman–Crippen LogP) is 3.10. The Bertz CT molecular complexity index is 778. The maximum Gasteiger partial charge on any atom is 0.143 e. The van der Waals surface area contributed by atoms with Crippen molar-refractivity contribution in [3.8, 4) is 11.4 Å². The monoisotopic (exact) mass is 259 g/mol. The molecule has 3 aromatic rings. The van der Waals surface area contributed by atoms with E-state index in [-0.39, 0.29) is 11.6 Å². The first-order chi connectivity index (χ1) is 9.06. The molecule has 19 heavy (non-hydrogen) atoms. The lowest BCUT2D eigenvalue weighted by Crippen LogP contribution is -1.97. The minimum absolute atomic E-state index is 0.357. The number of anilines is 1. The van der Waals surface area contributed by atoms with E-state index in [4.69, 9.17) is 5.73 Å². The van der Waals surface area contributed by atoms with Gasteiger partial charge in [-0.05, 0) is 30.3 Å². The average Bonchev–Trinajstić information content (AvgIpc) is 2.69. The summed E-state index contributed by atoms with van der Waals surface area (Å²) in [6.07, 6.45) is 0. The van der Waals surface area contributed by atoms with Gasteiger partial charge in [0.1, 0.15) is 17.5 Å². The average molecular weight is 259 g/mol. The van der Waals surface area contributed by atoms with Gasteiger partial charge < -0.3 is 10.3 Å². The fourth-order valence-corrected chi connectivity index (χ4v) is 2.14. The van der Waals surface area contributed by atoms with Crippen molar-refractivity contribution in [2.24, 2.45) is 7.05 Å². The number of hydrogen-bond donors (Lipinski definition) is 1. The Hall–Kier alpha value is -2.43. The van der Waals surface area contributed by atoms with E-state index in [9.17, 15) is 8.78 Å². The standard InChI is InChI=1S/C14H11F2N3/c1-19-13-5-3-9(16)7-12(13)18-14(19)10-6-8(15)2-4-11(10)17/h2-7H,17H2,1H3. The first-order valence-corrected chi connectivity index (χ1v) is 5.73. The van der Waals surface area contributed by atoms with Crippen molar-refractivity contribution in [2.45, 2.75) is 0 Å². The second-order valence-electron chi connectivity index (χ2n) is 4.36. The van der Waals surface area contributed by atoms with Crippen LogP contribution in [-0.4, -0.2) is 9.55 Å². The van der Waals surface area contributed by atoms with E-state index >= 15 is 0 Å². The summed E-state index contributed by atoms with van der Waals surface area (Å²) in [6.45, 7) is 0. The van der Waals surface area contributed by atoms with Gasteiger partial charge in [-0.25, -0.2) is 13.8 Å². The number of rotatable bonds is 1. The Morgan fingerprint density at radius 3 is 2.53 bits per heavy atom. The van der Waals surface area contributed by atoms with Crippen LogP contribution in [0.3, 0.4) is 0 Å². The molecule has 2 N–H and O–H groups in total. The lowest BCUT2D eigenvalue weighted by atomic mass is 10.1.